The van der Waals surface area contributed by atoms with Crippen LogP contribution in [0.1, 0.15) is 24.1 Å². The Balaban J connectivity index is 1.96. The van der Waals surface area contributed by atoms with E-state index in [0.717, 1.165) is 16.6 Å². The van der Waals surface area contributed by atoms with Gasteiger partial charge >= 0.3 is 0 Å². The summed E-state index contributed by atoms with van der Waals surface area (Å²) in [6, 6.07) is 15.0. The van der Waals surface area contributed by atoms with E-state index >= 15 is 0 Å². The fraction of sp³-hybridized carbons (Fsp3) is 0.200. The monoisotopic (exact) mass is 307 g/mol. The zero-order valence-corrected chi connectivity index (χ0v) is 11.7. The molecule has 0 bridgehead atoms. The summed E-state index contributed by atoms with van der Waals surface area (Å²) in [5, 5.41) is 3.42. The predicted molar refractivity (Wildman–Crippen MR) is 75.8 cm³/mol. The van der Waals surface area contributed by atoms with Crippen LogP contribution in [0.4, 0.5) is 4.39 Å². The van der Waals surface area contributed by atoms with Crippen molar-refractivity contribution in [3.8, 4) is 0 Å². The number of halogens is 2. The van der Waals surface area contributed by atoms with Crippen molar-refractivity contribution in [3.63, 3.8) is 0 Å². The highest BCUT2D eigenvalue weighted by Gasteiger charge is 2.04. The van der Waals surface area contributed by atoms with Gasteiger partial charge in [0.2, 0.25) is 0 Å². The summed E-state index contributed by atoms with van der Waals surface area (Å²) in [4.78, 5) is 0. The van der Waals surface area contributed by atoms with E-state index in [4.69, 9.17) is 0 Å². The van der Waals surface area contributed by atoms with E-state index in [2.05, 4.69) is 40.3 Å². The smallest absolute Gasteiger partial charge is 0.123 e. The Morgan fingerprint density at radius 3 is 2.56 bits per heavy atom. The quantitative estimate of drug-likeness (QED) is 0.880. The molecule has 0 aliphatic heterocycles. The lowest BCUT2D eigenvalue weighted by molar-refractivity contribution is 0.571. The molecular formula is C15H15BrFN. The summed E-state index contributed by atoms with van der Waals surface area (Å²) in [5.74, 6) is -0.196. The molecule has 18 heavy (non-hydrogen) atoms. The zero-order chi connectivity index (χ0) is 13.0. The molecule has 0 spiro atoms. The van der Waals surface area contributed by atoms with Crippen molar-refractivity contribution in [2.45, 2.75) is 19.5 Å². The number of hydrogen-bond acceptors (Lipinski definition) is 1. The SMILES string of the molecule is C[C@H](NCc1cccc(Br)c1)c1ccc(F)cc1. The van der Waals surface area contributed by atoms with Crippen molar-refractivity contribution in [2.75, 3.05) is 0 Å². The van der Waals surface area contributed by atoms with Gasteiger partial charge in [-0.15, -0.1) is 0 Å². The first kappa shape index (κ1) is 13.2. The summed E-state index contributed by atoms with van der Waals surface area (Å²) in [5.41, 5.74) is 2.31. The molecule has 0 aromatic heterocycles. The first-order valence-corrected chi connectivity index (χ1v) is 6.68. The molecule has 0 amide bonds. The third-order valence-electron chi connectivity index (χ3n) is 2.87. The van der Waals surface area contributed by atoms with E-state index in [1.165, 1.54) is 17.7 Å². The average Bonchev–Trinajstić information content (AvgIpc) is 2.37. The predicted octanol–water partition coefficient (Wildman–Crippen LogP) is 4.44. The fourth-order valence-corrected chi connectivity index (χ4v) is 2.23. The molecule has 0 unspecified atom stereocenters. The molecule has 2 aromatic carbocycles. The first-order chi connectivity index (χ1) is 8.65. The average molecular weight is 308 g/mol. The van der Waals surface area contributed by atoms with Crippen molar-refractivity contribution in [1.82, 2.24) is 5.32 Å². The van der Waals surface area contributed by atoms with Gasteiger partial charge in [-0.3, -0.25) is 0 Å². The van der Waals surface area contributed by atoms with Gasteiger partial charge in [0.15, 0.2) is 0 Å². The van der Waals surface area contributed by atoms with Crippen molar-refractivity contribution in [1.29, 1.82) is 0 Å². The summed E-state index contributed by atoms with van der Waals surface area (Å²) < 4.78 is 13.9. The van der Waals surface area contributed by atoms with Crippen LogP contribution < -0.4 is 5.32 Å². The van der Waals surface area contributed by atoms with Crippen molar-refractivity contribution < 1.29 is 4.39 Å². The highest BCUT2D eigenvalue weighted by molar-refractivity contribution is 9.10. The molecule has 0 saturated heterocycles. The van der Waals surface area contributed by atoms with Gasteiger partial charge in [0.25, 0.3) is 0 Å². The van der Waals surface area contributed by atoms with Crippen LogP contribution in [0, 0.1) is 5.82 Å². The Labute approximate surface area is 115 Å². The van der Waals surface area contributed by atoms with E-state index in [1.54, 1.807) is 0 Å². The van der Waals surface area contributed by atoms with Crippen molar-refractivity contribution >= 4 is 15.9 Å². The molecule has 94 valence electrons. The van der Waals surface area contributed by atoms with Crippen molar-refractivity contribution in [2.24, 2.45) is 0 Å². The molecule has 2 rings (SSSR count). The highest BCUT2D eigenvalue weighted by Crippen LogP contribution is 2.15. The van der Waals surface area contributed by atoms with Crippen LogP contribution in [0.25, 0.3) is 0 Å². The second-order valence-corrected chi connectivity index (χ2v) is 5.20. The van der Waals surface area contributed by atoms with E-state index in [-0.39, 0.29) is 11.9 Å². The van der Waals surface area contributed by atoms with E-state index < -0.39 is 0 Å². The van der Waals surface area contributed by atoms with Gasteiger partial charge < -0.3 is 5.32 Å². The molecule has 0 heterocycles. The van der Waals surface area contributed by atoms with Gasteiger partial charge in [-0.1, -0.05) is 40.2 Å². The van der Waals surface area contributed by atoms with Crippen LogP contribution >= 0.6 is 15.9 Å². The molecule has 0 fully saturated rings. The number of nitrogens with one attached hydrogen (secondary N) is 1. The third kappa shape index (κ3) is 3.65. The van der Waals surface area contributed by atoms with E-state index in [0.29, 0.717) is 0 Å². The van der Waals surface area contributed by atoms with Gasteiger partial charge in [-0.25, -0.2) is 4.39 Å². The summed E-state index contributed by atoms with van der Waals surface area (Å²) in [7, 11) is 0. The standard InChI is InChI=1S/C15H15BrFN/c1-11(13-5-7-15(17)8-6-13)18-10-12-3-2-4-14(16)9-12/h2-9,11,18H,10H2,1H3/t11-/m0/s1. The lowest BCUT2D eigenvalue weighted by Crippen LogP contribution is -2.18. The Bertz CT molecular complexity index is 510. The maximum Gasteiger partial charge on any atom is 0.123 e. The molecule has 1 N–H and O–H groups in total. The maximum absolute atomic E-state index is 12.8. The highest BCUT2D eigenvalue weighted by atomic mass is 79.9. The second-order valence-electron chi connectivity index (χ2n) is 4.28. The van der Waals surface area contributed by atoms with Gasteiger partial charge in [-0.05, 0) is 42.3 Å². The molecule has 1 nitrogen and oxygen atoms in total. The molecule has 0 saturated carbocycles. The van der Waals surface area contributed by atoms with Crippen LogP contribution in [0.15, 0.2) is 53.0 Å². The van der Waals surface area contributed by atoms with Crippen LogP contribution in [0.5, 0.6) is 0 Å². The Hall–Kier alpha value is -1.19. The summed E-state index contributed by atoms with van der Waals surface area (Å²) in [6.45, 7) is 2.86. The van der Waals surface area contributed by atoms with Crippen LogP contribution in [-0.2, 0) is 6.54 Å². The minimum absolute atomic E-state index is 0.196. The molecule has 0 radical (unpaired) electrons. The lowest BCUT2D eigenvalue weighted by atomic mass is 10.1. The van der Waals surface area contributed by atoms with Gasteiger partial charge in [-0.2, -0.15) is 0 Å². The third-order valence-corrected chi connectivity index (χ3v) is 3.36. The largest absolute Gasteiger partial charge is 0.306 e. The van der Waals surface area contributed by atoms with Crippen LogP contribution in [-0.4, -0.2) is 0 Å². The normalized spacial score (nSPS) is 12.4. The van der Waals surface area contributed by atoms with Gasteiger partial charge in [0, 0.05) is 17.1 Å². The number of rotatable bonds is 4. The van der Waals surface area contributed by atoms with E-state index in [1.807, 2.05) is 24.3 Å². The Kier molecular flexibility index (Phi) is 4.50. The van der Waals surface area contributed by atoms with Gasteiger partial charge in [0.05, 0.1) is 0 Å². The number of hydrogen-bond donors (Lipinski definition) is 1. The molecule has 2 aromatic rings. The van der Waals surface area contributed by atoms with Crippen LogP contribution in [0.3, 0.4) is 0 Å². The van der Waals surface area contributed by atoms with Crippen molar-refractivity contribution in [3.05, 3.63) is 69.9 Å². The minimum atomic E-state index is -0.196. The number of benzene rings is 2. The summed E-state index contributed by atoms with van der Waals surface area (Å²) >= 11 is 3.45. The molecule has 1 atom stereocenters. The molecule has 0 aliphatic carbocycles. The Morgan fingerprint density at radius 1 is 1.17 bits per heavy atom. The first-order valence-electron chi connectivity index (χ1n) is 5.88. The molecular weight excluding hydrogens is 293 g/mol. The molecule has 0 aliphatic rings. The molecule has 3 heteroatoms. The Morgan fingerprint density at radius 2 is 1.89 bits per heavy atom. The van der Waals surface area contributed by atoms with Crippen LogP contribution in [0.2, 0.25) is 0 Å². The minimum Gasteiger partial charge on any atom is -0.306 e. The second kappa shape index (κ2) is 6.12. The maximum atomic E-state index is 12.8. The zero-order valence-electron chi connectivity index (χ0n) is 10.2. The van der Waals surface area contributed by atoms with E-state index in [9.17, 15) is 4.39 Å². The van der Waals surface area contributed by atoms with Gasteiger partial charge in [0.1, 0.15) is 5.82 Å². The lowest BCUT2D eigenvalue weighted by Gasteiger charge is -2.14. The fourth-order valence-electron chi connectivity index (χ4n) is 1.79. The topological polar surface area (TPSA) is 12.0 Å². The summed E-state index contributed by atoms with van der Waals surface area (Å²) in [6.07, 6.45) is 0.